The average molecular weight is 1090 g/mol. The van der Waals surface area contributed by atoms with E-state index in [0.717, 1.165) is 128 Å². The van der Waals surface area contributed by atoms with Crippen molar-refractivity contribution >= 4 is 23.9 Å². The Morgan fingerprint density at radius 1 is 0.260 bits per heavy atom. The largest absolute Gasteiger partial charge is 2.00 e. The third kappa shape index (κ3) is 66.6. The minimum absolute atomic E-state index is 0. The summed E-state index contributed by atoms with van der Waals surface area (Å²) in [6.07, 6.45) is 62.2. The molecule has 9 heteroatoms. The fraction of sp³-hybridized carbons (Fsp3) is 0.938. The van der Waals surface area contributed by atoms with Gasteiger partial charge in [0.1, 0.15) is 12.2 Å². The molecule has 0 heterocycles. The Bertz CT molecular complexity index is 1050. The summed E-state index contributed by atoms with van der Waals surface area (Å²) in [7, 11) is 0. The van der Waals surface area contributed by atoms with Crippen LogP contribution in [0.2, 0.25) is 0 Å². The van der Waals surface area contributed by atoms with Gasteiger partial charge in [-0.15, -0.1) is 0 Å². The molecule has 0 rings (SSSR count). The van der Waals surface area contributed by atoms with Crippen LogP contribution >= 0.6 is 0 Å². The number of carboxylic acids is 2. The van der Waals surface area contributed by atoms with Crippen LogP contribution in [0, 0.1) is 0 Å². The maximum absolute atomic E-state index is 12.4. The Labute approximate surface area is 466 Å². The summed E-state index contributed by atoms with van der Waals surface area (Å²) >= 11 is 0. The van der Waals surface area contributed by atoms with E-state index in [2.05, 4.69) is 27.7 Å². The maximum Gasteiger partial charge on any atom is 2.00 e. The Balaban J connectivity index is -0.00000132. The quantitative estimate of drug-likeness (QED) is 0.0334. The molecule has 0 amide bonds. The van der Waals surface area contributed by atoms with Gasteiger partial charge in [-0.05, 0) is 77.0 Å². The van der Waals surface area contributed by atoms with Gasteiger partial charge in [-0.1, -0.05) is 285 Å². The number of carbonyl (C=O) groups is 4. The minimum atomic E-state index is -0.925. The van der Waals surface area contributed by atoms with E-state index >= 15 is 0 Å². The minimum Gasteiger partial charge on any atom is -0.550 e. The second-order valence-electron chi connectivity index (χ2n) is 22.0. The number of ether oxygens (including phenoxy) is 2. The molecule has 0 spiro atoms. The molecule has 0 bridgehead atoms. The number of aliphatic carboxylic acids is 2. The molecule has 0 radical (unpaired) electrons. The van der Waals surface area contributed by atoms with Gasteiger partial charge in [-0.25, -0.2) is 0 Å². The molecule has 0 aliphatic rings. The second kappa shape index (κ2) is 64.8. The first-order valence-corrected chi connectivity index (χ1v) is 32.0. The molecule has 8 nitrogen and oxygen atoms in total. The van der Waals surface area contributed by atoms with E-state index in [4.69, 9.17) is 9.47 Å². The van der Waals surface area contributed by atoms with E-state index in [9.17, 15) is 29.4 Å². The fourth-order valence-corrected chi connectivity index (χ4v) is 9.86. The standard InChI is InChI=1S/2C32H62O4.Zn/c2*1-3-5-7-8-9-10-11-16-19-22-25-29-32(35)36-30(26-6-4-2)27-23-20-17-14-12-13-15-18-21-24-28-31(33)34;/h2*30H,3-29H2,1-2H3,(H,33,34);/q;;+2/p-2. The molecule has 73 heavy (non-hydrogen) atoms. The molecule has 0 N–H and O–H groups in total. The Kier molecular flexibility index (Phi) is 67.2. The van der Waals surface area contributed by atoms with Crippen molar-refractivity contribution in [3.8, 4) is 0 Å². The summed E-state index contributed by atoms with van der Waals surface area (Å²) in [5.74, 6) is -1.81. The van der Waals surface area contributed by atoms with Crippen LogP contribution < -0.4 is 10.2 Å². The van der Waals surface area contributed by atoms with Gasteiger partial charge in [-0.3, -0.25) is 9.59 Å². The molecule has 0 aliphatic heterocycles. The topological polar surface area (TPSA) is 133 Å². The zero-order chi connectivity index (χ0) is 53.1. The molecule has 0 aromatic carbocycles. The van der Waals surface area contributed by atoms with Crippen molar-refractivity contribution in [3.63, 3.8) is 0 Å². The SMILES string of the molecule is CCCCCCCCCCCCCC(=O)OC(CCCC)CCCCCCCCCCCCC(=O)[O-].CCCCCCCCCCCCCC(=O)OC(CCCC)CCCCCCCCCCCCC(=O)[O-].[Zn+2]. The number of hydrogen-bond donors (Lipinski definition) is 0. The van der Waals surface area contributed by atoms with Crippen LogP contribution in [0.5, 0.6) is 0 Å². The Hall–Kier alpha value is -1.50. The van der Waals surface area contributed by atoms with Crippen molar-refractivity contribution in [2.24, 2.45) is 0 Å². The van der Waals surface area contributed by atoms with Gasteiger partial charge in [0, 0.05) is 24.8 Å². The van der Waals surface area contributed by atoms with E-state index in [1.807, 2.05) is 0 Å². The van der Waals surface area contributed by atoms with Crippen molar-refractivity contribution in [1.29, 1.82) is 0 Å². The summed E-state index contributed by atoms with van der Waals surface area (Å²) in [5, 5.41) is 20.8. The molecule has 2 unspecified atom stereocenters. The van der Waals surface area contributed by atoms with Gasteiger partial charge in [0.05, 0.1) is 0 Å². The predicted octanol–water partition coefficient (Wildman–Crippen LogP) is 18.4. The molecule has 0 aromatic rings. The average Bonchev–Trinajstić information content (AvgIpc) is 3.36. The number of hydrogen-bond acceptors (Lipinski definition) is 8. The van der Waals surface area contributed by atoms with E-state index < -0.39 is 11.9 Å². The molecule has 0 fully saturated rings. The number of carbonyl (C=O) groups excluding carboxylic acids is 4. The van der Waals surface area contributed by atoms with Crippen LogP contribution in [-0.2, 0) is 48.1 Å². The summed E-state index contributed by atoms with van der Waals surface area (Å²) in [6, 6.07) is 0. The van der Waals surface area contributed by atoms with Crippen molar-refractivity contribution in [1.82, 2.24) is 0 Å². The zero-order valence-electron chi connectivity index (χ0n) is 49.3. The molecule has 0 saturated carbocycles. The van der Waals surface area contributed by atoms with Crippen LogP contribution in [0.4, 0.5) is 0 Å². The number of rotatable bonds is 58. The maximum atomic E-state index is 12.4. The summed E-state index contributed by atoms with van der Waals surface area (Å²) in [4.78, 5) is 45.5. The van der Waals surface area contributed by atoms with E-state index in [-0.39, 0.29) is 56.5 Å². The van der Waals surface area contributed by atoms with Gasteiger partial charge in [0.15, 0.2) is 0 Å². The van der Waals surface area contributed by atoms with Crippen LogP contribution in [0.25, 0.3) is 0 Å². The van der Waals surface area contributed by atoms with Gasteiger partial charge >= 0.3 is 31.4 Å². The number of carboxylic acid groups (broad SMARTS) is 2. The summed E-state index contributed by atoms with van der Waals surface area (Å²) < 4.78 is 11.7. The van der Waals surface area contributed by atoms with Crippen LogP contribution in [-0.4, -0.2) is 36.1 Å². The fourth-order valence-electron chi connectivity index (χ4n) is 9.86. The third-order valence-corrected chi connectivity index (χ3v) is 14.6. The molecule has 0 aromatic heterocycles. The molecule has 0 aliphatic carbocycles. The monoisotopic (exact) mass is 1080 g/mol. The molecule has 428 valence electrons. The molecular weight excluding hydrogens is 962 g/mol. The van der Waals surface area contributed by atoms with Crippen LogP contribution in [0.3, 0.4) is 0 Å². The predicted molar refractivity (Wildman–Crippen MR) is 302 cm³/mol. The van der Waals surface area contributed by atoms with Crippen LogP contribution in [0.1, 0.15) is 374 Å². The second-order valence-corrected chi connectivity index (χ2v) is 22.0. The number of esters is 2. The van der Waals surface area contributed by atoms with Crippen molar-refractivity contribution in [2.45, 2.75) is 387 Å². The van der Waals surface area contributed by atoms with Crippen molar-refractivity contribution in [3.05, 3.63) is 0 Å². The summed E-state index contributed by atoms with van der Waals surface area (Å²) in [5.41, 5.74) is 0. The van der Waals surface area contributed by atoms with Gasteiger partial charge in [-0.2, -0.15) is 0 Å². The Morgan fingerprint density at radius 2 is 0.438 bits per heavy atom. The third-order valence-electron chi connectivity index (χ3n) is 14.6. The Morgan fingerprint density at radius 3 is 0.658 bits per heavy atom. The van der Waals surface area contributed by atoms with Gasteiger partial charge in [0.25, 0.3) is 0 Å². The van der Waals surface area contributed by atoms with Crippen LogP contribution in [0.15, 0.2) is 0 Å². The van der Waals surface area contributed by atoms with E-state index in [1.165, 1.54) is 193 Å². The van der Waals surface area contributed by atoms with E-state index in [0.29, 0.717) is 12.8 Å². The van der Waals surface area contributed by atoms with Crippen molar-refractivity contribution < 1.29 is 58.3 Å². The zero-order valence-corrected chi connectivity index (χ0v) is 52.3. The number of unbranched alkanes of at least 4 members (excludes halogenated alkanes) is 40. The first kappa shape index (κ1) is 75.7. The molecular formula is C64H122O8Zn. The first-order chi connectivity index (χ1) is 35.2. The molecule has 2 atom stereocenters. The summed E-state index contributed by atoms with van der Waals surface area (Å²) in [6.45, 7) is 8.94. The van der Waals surface area contributed by atoms with Gasteiger partial charge in [0.2, 0.25) is 0 Å². The smallest absolute Gasteiger partial charge is 0.550 e. The molecule has 0 saturated heterocycles. The van der Waals surface area contributed by atoms with Crippen molar-refractivity contribution in [2.75, 3.05) is 0 Å². The normalized spacial score (nSPS) is 11.9. The first-order valence-electron chi connectivity index (χ1n) is 32.0. The van der Waals surface area contributed by atoms with Gasteiger partial charge < -0.3 is 29.3 Å². The van der Waals surface area contributed by atoms with E-state index in [1.54, 1.807) is 0 Å².